The van der Waals surface area contributed by atoms with E-state index in [1.54, 1.807) is 6.07 Å². The number of pyridine rings is 1. The van der Waals surface area contributed by atoms with Crippen molar-refractivity contribution >= 4 is 11.9 Å². The third kappa shape index (κ3) is 6.70. The Bertz CT molecular complexity index is 434. The van der Waals surface area contributed by atoms with Gasteiger partial charge in [-0.05, 0) is 25.0 Å². The Morgan fingerprint density at radius 3 is 1.73 bits per heavy atom. The van der Waals surface area contributed by atoms with Gasteiger partial charge in [0, 0.05) is 0 Å². The fourth-order valence-corrected chi connectivity index (χ4v) is 1.84. The highest BCUT2D eigenvalue weighted by atomic mass is 16.5. The van der Waals surface area contributed by atoms with E-state index < -0.39 is 11.9 Å². The van der Waals surface area contributed by atoms with E-state index in [1.165, 1.54) is 12.1 Å². The van der Waals surface area contributed by atoms with Gasteiger partial charge in [0.05, 0.1) is 13.2 Å². The van der Waals surface area contributed by atoms with Crippen LogP contribution in [-0.4, -0.2) is 30.1 Å². The molecule has 0 aromatic carbocycles. The first kappa shape index (κ1) is 18.1. The van der Waals surface area contributed by atoms with Gasteiger partial charge in [-0.2, -0.15) is 0 Å². The highest BCUT2D eigenvalue weighted by Crippen LogP contribution is 2.05. The second-order valence-electron chi connectivity index (χ2n) is 5.09. The standard InChI is InChI=1S/C17H25NO4/c1-3-5-7-12-21-16(19)14-10-9-11-15(18-14)17(20)22-13-8-6-4-2/h9-11H,3-8,12-13H2,1-2H3. The summed E-state index contributed by atoms with van der Waals surface area (Å²) in [7, 11) is 0. The highest BCUT2D eigenvalue weighted by Gasteiger charge is 2.14. The van der Waals surface area contributed by atoms with Crippen molar-refractivity contribution in [3.8, 4) is 0 Å². The van der Waals surface area contributed by atoms with Crippen LogP contribution in [0, 0.1) is 0 Å². The fraction of sp³-hybridized carbons (Fsp3) is 0.588. The number of aromatic nitrogens is 1. The van der Waals surface area contributed by atoms with Crippen LogP contribution in [0.25, 0.3) is 0 Å². The monoisotopic (exact) mass is 307 g/mol. The van der Waals surface area contributed by atoms with Crippen LogP contribution < -0.4 is 0 Å². The summed E-state index contributed by atoms with van der Waals surface area (Å²) >= 11 is 0. The number of ether oxygens (including phenoxy) is 2. The molecule has 1 rings (SSSR count). The molecule has 0 radical (unpaired) electrons. The summed E-state index contributed by atoms with van der Waals surface area (Å²) in [6, 6.07) is 4.68. The summed E-state index contributed by atoms with van der Waals surface area (Å²) in [5.41, 5.74) is 0.277. The van der Waals surface area contributed by atoms with Gasteiger partial charge in [-0.3, -0.25) is 0 Å². The Morgan fingerprint density at radius 2 is 1.32 bits per heavy atom. The molecule has 0 bridgehead atoms. The van der Waals surface area contributed by atoms with E-state index in [9.17, 15) is 9.59 Å². The second kappa shape index (κ2) is 10.8. The van der Waals surface area contributed by atoms with Gasteiger partial charge in [-0.15, -0.1) is 0 Å². The Labute approximate surface area is 132 Å². The summed E-state index contributed by atoms with van der Waals surface area (Å²) in [6.07, 6.45) is 5.84. The zero-order valence-electron chi connectivity index (χ0n) is 13.5. The molecule has 0 atom stereocenters. The lowest BCUT2D eigenvalue weighted by atomic mass is 10.2. The lowest BCUT2D eigenvalue weighted by Gasteiger charge is -2.06. The maximum Gasteiger partial charge on any atom is 0.356 e. The molecule has 122 valence electrons. The molecule has 0 aliphatic carbocycles. The Kier molecular flexibility index (Phi) is 8.88. The third-order valence-corrected chi connectivity index (χ3v) is 3.13. The van der Waals surface area contributed by atoms with Gasteiger partial charge in [0.25, 0.3) is 0 Å². The first-order chi connectivity index (χ1) is 10.7. The van der Waals surface area contributed by atoms with E-state index in [1.807, 2.05) is 0 Å². The van der Waals surface area contributed by atoms with Crippen molar-refractivity contribution in [2.45, 2.75) is 52.4 Å². The summed E-state index contributed by atoms with van der Waals surface area (Å²) in [4.78, 5) is 27.7. The van der Waals surface area contributed by atoms with Crippen molar-refractivity contribution in [3.63, 3.8) is 0 Å². The van der Waals surface area contributed by atoms with Crippen LogP contribution in [-0.2, 0) is 9.47 Å². The Hall–Kier alpha value is -1.91. The first-order valence-electron chi connectivity index (χ1n) is 8.00. The van der Waals surface area contributed by atoms with Gasteiger partial charge < -0.3 is 9.47 Å². The summed E-state index contributed by atoms with van der Waals surface area (Å²) < 4.78 is 10.2. The van der Waals surface area contributed by atoms with Gasteiger partial charge in [0.2, 0.25) is 0 Å². The van der Waals surface area contributed by atoms with E-state index in [0.717, 1.165) is 38.5 Å². The second-order valence-corrected chi connectivity index (χ2v) is 5.09. The normalized spacial score (nSPS) is 10.3. The van der Waals surface area contributed by atoms with E-state index in [0.29, 0.717) is 13.2 Å². The summed E-state index contributed by atoms with van der Waals surface area (Å²) in [6.45, 7) is 4.91. The van der Waals surface area contributed by atoms with E-state index >= 15 is 0 Å². The van der Waals surface area contributed by atoms with Gasteiger partial charge >= 0.3 is 11.9 Å². The molecule has 0 saturated heterocycles. The van der Waals surface area contributed by atoms with Crippen molar-refractivity contribution in [1.29, 1.82) is 0 Å². The molecule has 1 heterocycles. The van der Waals surface area contributed by atoms with Crippen molar-refractivity contribution in [3.05, 3.63) is 29.6 Å². The third-order valence-electron chi connectivity index (χ3n) is 3.13. The number of unbranched alkanes of at least 4 members (excludes halogenated alkanes) is 4. The molecule has 5 heteroatoms. The lowest BCUT2D eigenvalue weighted by molar-refractivity contribution is 0.0483. The van der Waals surface area contributed by atoms with Gasteiger partial charge in [0.1, 0.15) is 11.4 Å². The zero-order valence-corrected chi connectivity index (χ0v) is 13.5. The summed E-state index contributed by atoms with van der Waals surface area (Å²) in [5.74, 6) is -1.01. The molecule has 1 aromatic rings. The van der Waals surface area contributed by atoms with Gasteiger partial charge in [-0.25, -0.2) is 14.6 Å². The molecule has 0 unspecified atom stereocenters. The topological polar surface area (TPSA) is 65.5 Å². The van der Waals surface area contributed by atoms with Crippen molar-refractivity contribution in [2.75, 3.05) is 13.2 Å². The average molecular weight is 307 g/mol. The predicted molar refractivity (Wildman–Crippen MR) is 83.9 cm³/mol. The molecule has 0 spiro atoms. The number of rotatable bonds is 10. The molecule has 0 fully saturated rings. The highest BCUT2D eigenvalue weighted by molar-refractivity contribution is 5.91. The largest absolute Gasteiger partial charge is 0.461 e. The maximum absolute atomic E-state index is 11.8. The van der Waals surface area contributed by atoms with Crippen LogP contribution in [0.3, 0.4) is 0 Å². The Morgan fingerprint density at radius 1 is 0.864 bits per heavy atom. The van der Waals surface area contributed by atoms with Crippen molar-refractivity contribution in [1.82, 2.24) is 4.98 Å². The van der Waals surface area contributed by atoms with Crippen molar-refractivity contribution in [2.24, 2.45) is 0 Å². The molecular formula is C17H25NO4. The van der Waals surface area contributed by atoms with Crippen LogP contribution in [0.1, 0.15) is 73.3 Å². The smallest absolute Gasteiger partial charge is 0.356 e. The molecular weight excluding hydrogens is 282 g/mol. The number of hydrogen-bond acceptors (Lipinski definition) is 5. The van der Waals surface area contributed by atoms with Crippen LogP contribution in [0.15, 0.2) is 18.2 Å². The van der Waals surface area contributed by atoms with E-state index in [2.05, 4.69) is 18.8 Å². The molecule has 1 aromatic heterocycles. The minimum Gasteiger partial charge on any atom is -0.461 e. The van der Waals surface area contributed by atoms with E-state index in [-0.39, 0.29) is 11.4 Å². The molecule has 0 amide bonds. The zero-order chi connectivity index (χ0) is 16.2. The SMILES string of the molecule is CCCCCOC(=O)c1cccc(C(=O)OCCCCC)n1. The molecule has 5 nitrogen and oxygen atoms in total. The molecule has 0 saturated carbocycles. The quantitative estimate of drug-likeness (QED) is 0.486. The van der Waals surface area contributed by atoms with Crippen LogP contribution in [0.2, 0.25) is 0 Å². The minimum absolute atomic E-state index is 0.138. The van der Waals surface area contributed by atoms with Crippen LogP contribution in [0.4, 0.5) is 0 Å². The van der Waals surface area contributed by atoms with E-state index in [4.69, 9.17) is 9.47 Å². The number of esters is 2. The average Bonchev–Trinajstić information content (AvgIpc) is 2.55. The molecule has 22 heavy (non-hydrogen) atoms. The van der Waals surface area contributed by atoms with Crippen LogP contribution in [0.5, 0.6) is 0 Å². The minimum atomic E-state index is -0.503. The molecule has 0 aliphatic rings. The summed E-state index contributed by atoms with van der Waals surface area (Å²) in [5, 5.41) is 0. The maximum atomic E-state index is 11.8. The molecule has 0 aliphatic heterocycles. The van der Waals surface area contributed by atoms with Gasteiger partial charge in [0.15, 0.2) is 0 Å². The number of nitrogens with zero attached hydrogens (tertiary/aromatic N) is 1. The lowest BCUT2D eigenvalue weighted by Crippen LogP contribution is -2.13. The predicted octanol–water partition coefficient (Wildman–Crippen LogP) is 3.78. The fourth-order valence-electron chi connectivity index (χ4n) is 1.84. The van der Waals surface area contributed by atoms with Crippen LogP contribution >= 0.6 is 0 Å². The first-order valence-corrected chi connectivity index (χ1v) is 8.00. The molecule has 0 N–H and O–H groups in total. The number of carbonyl (C=O) groups excluding carboxylic acids is 2. The van der Waals surface area contributed by atoms with Crippen molar-refractivity contribution < 1.29 is 19.1 Å². The Balaban J connectivity index is 2.50. The number of carbonyl (C=O) groups is 2. The van der Waals surface area contributed by atoms with Gasteiger partial charge in [-0.1, -0.05) is 45.6 Å². The number of hydrogen-bond donors (Lipinski definition) is 0.